The summed E-state index contributed by atoms with van der Waals surface area (Å²) in [5.74, 6) is 0.692. The second-order valence-corrected chi connectivity index (χ2v) is 3.18. The zero-order chi connectivity index (χ0) is 10.8. The summed E-state index contributed by atoms with van der Waals surface area (Å²) in [6, 6.07) is 7.15. The molecule has 70 valence electrons. The van der Waals surface area contributed by atoms with Crippen molar-refractivity contribution in [2.24, 2.45) is 7.05 Å². The van der Waals surface area contributed by atoms with Crippen molar-refractivity contribution in [2.45, 2.75) is 0 Å². The summed E-state index contributed by atoms with van der Waals surface area (Å²) in [5, 5.41) is 16.4. The van der Waals surface area contributed by atoms with Crippen LogP contribution in [0.3, 0.4) is 0 Å². The average molecular weight is 194 g/mol. The van der Waals surface area contributed by atoms with Gasteiger partial charge in [0.2, 0.25) is 0 Å². The Hall–Kier alpha value is -2.09. The molecule has 0 aliphatic carbocycles. The second-order valence-electron chi connectivity index (χ2n) is 3.18. The Morgan fingerprint density at radius 3 is 2.80 bits per heavy atom. The standard InChI is InChI=1S/C10H7BN4/c1-15-6-13-14-10(15)8-3-2-7(5-12)4-9(8)11/h2-4,6H,1H3. The van der Waals surface area contributed by atoms with Crippen LogP contribution in [0.25, 0.3) is 11.4 Å². The van der Waals surface area contributed by atoms with Gasteiger partial charge in [0.05, 0.1) is 11.6 Å². The topological polar surface area (TPSA) is 54.5 Å². The van der Waals surface area contributed by atoms with E-state index in [1.54, 1.807) is 29.1 Å². The lowest BCUT2D eigenvalue weighted by Gasteiger charge is -2.04. The van der Waals surface area contributed by atoms with Crippen LogP contribution in [0.2, 0.25) is 0 Å². The van der Waals surface area contributed by atoms with Gasteiger partial charge in [-0.25, -0.2) is 0 Å². The molecule has 0 unspecified atom stereocenters. The van der Waals surface area contributed by atoms with Gasteiger partial charge < -0.3 is 4.57 Å². The zero-order valence-electron chi connectivity index (χ0n) is 8.18. The lowest BCUT2D eigenvalue weighted by atomic mass is 9.88. The van der Waals surface area contributed by atoms with Gasteiger partial charge in [-0.15, -0.1) is 10.2 Å². The highest BCUT2D eigenvalue weighted by atomic mass is 15.2. The predicted molar refractivity (Wildman–Crippen MR) is 56.5 cm³/mol. The molecule has 15 heavy (non-hydrogen) atoms. The fraction of sp³-hybridized carbons (Fsp3) is 0.100. The number of aromatic nitrogens is 3. The third kappa shape index (κ3) is 1.62. The van der Waals surface area contributed by atoms with Crippen LogP contribution < -0.4 is 5.46 Å². The van der Waals surface area contributed by atoms with E-state index in [-0.39, 0.29) is 0 Å². The van der Waals surface area contributed by atoms with Gasteiger partial charge in [-0.3, -0.25) is 0 Å². The van der Waals surface area contributed by atoms with Crippen LogP contribution in [-0.4, -0.2) is 22.6 Å². The van der Waals surface area contributed by atoms with E-state index in [2.05, 4.69) is 10.2 Å². The van der Waals surface area contributed by atoms with Crippen molar-refractivity contribution in [2.75, 3.05) is 0 Å². The van der Waals surface area contributed by atoms with Crippen molar-refractivity contribution < 1.29 is 0 Å². The maximum atomic E-state index is 8.70. The minimum absolute atomic E-state index is 0.533. The molecule has 2 rings (SSSR count). The maximum absolute atomic E-state index is 8.70. The van der Waals surface area contributed by atoms with Crippen molar-refractivity contribution in [3.8, 4) is 17.5 Å². The zero-order valence-corrected chi connectivity index (χ0v) is 8.18. The molecule has 0 saturated carbocycles. The molecule has 0 amide bonds. The van der Waals surface area contributed by atoms with Gasteiger partial charge in [-0.1, -0.05) is 17.6 Å². The quantitative estimate of drug-likeness (QED) is 0.607. The molecule has 0 aliphatic heterocycles. The van der Waals surface area contributed by atoms with Crippen molar-refractivity contribution in [3.05, 3.63) is 30.1 Å². The molecule has 1 aromatic heterocycles. The van der Waals surface area contributed by atoms with Crippen LogP contribution >= 0.6 is 0 Å². The molecule has 0 saturated heterocycles. The smallest absolute Gasteiger partial charge is 0.162 e. The lowest BCUT2D eigenvalue weighted by Crippen LogP contribution is -2.09. The molecular formula is C10H7BN4. The van der Waals surface area contributed by atoms with E-state index < -0.39 is 0 Å². The monoisotopic (exact) mass is 194 g/mol. The molecule has 5 heteroatoms. The third-order valence-corrected chi connectivity index (χ3v) is 2.13. The van der Waals surface area contributed by atoms with E-state index in [0.29, 0.717) is 16.9 Å². The van der Waals surface area contributed by atoms with E-state index in [9.17, 15) is 0 Å². The fourth-order valence-electron chi connectivity index (χ4n) is 1.36. The first kappa shape index (κ1) is 9.47. The largest absolute Gasteiger partial charge is 0.317 e. The minimum Gasteiger partial charge on any atom is -0.317 e. The van der Waals surface area contributed by atoms with E-state index in [1.807, 2.05) is 13.1 Å². The minimum atomic E-state index is 0.533. The van der Waals surface area contributed by atoms with Crippen LogP contribution in [0, 0.1) is 11.3 Å². The molecule has 0 fully saturated rings. The van der Waals surface area contributed by atoms with Gasteiger partial charge in [0.25, 0.3) is 0 Å². The second kappa shape index (κ2) is 3.58. The molecule has 0 bridgehead atoms. The van der Waals surface area contributed by atoms with Crippen molar-refractivity contribution in [3.63, 3.8) is 0 Å². The SMILES string of the molecule is [B]c1cc(C#N)ccc1-c1nncn1C. The Kier molecular flexibility index (Phi) is 2.26. The predicted octanol–water partition coefficient (Wildman–Crippen LogP) is 0.148. The first-order valence-electron chi connectivity index (χ1n) is 4.36. The molecule has 0 spiro atoms. The molecule has 0 atom stereocenters. The summed E-state index contributed by atoms with van der Waals surface area (Å²) in [7, 11) is 7.67. The van der Waals surface area contributed by atoms with Crippen LogP contribution in [0.15, 0.2) is 24.5 Å². The average Bonchev–Trinajstić information content (AvgIpc) is 2.64. The van der Waals surface area contributed by atoms with Gasteiger partial charge in [-0.2, -0.15) is 5.26 Å². The van der Waals surface area contributed by atoms with Crippen LogP contribution in [0.5, 0.6) is 0 Å². The van der Waals surface area contributed by atoms with Crippen molar-refractivity contribution >= 4 is 13.3 Å². The fourth-order valence-corrected chi connectivity index (χ4v) is 1.36. The Morgan fingerprint density at radius 1 is 1.47 bits per heavy atom. The van der Waals surface area contributed by atoms with Gasteiger partial charge in [0, 0.05) is 12.6 Å². The summed E-state index contributed by atoms with van der Waals surface area (Å²) >= 11 is 0. The highest BCUT2D eigenvalue weighted by Gasteiger charge is 2.07. The maximum Gasteiger partial charge on any atom is 0.162 e. The normalized spacial score (nSPS) is 9.87. The van der Waals surface area contributed by atoms with Crippen molar-refractivity contribution in [1.29, 1.82) is 5.26 Å². The third-order valence-electron chi connectivity index (χ3n) is 2.13. The summed E-state index contributed by atoms with van der Waals surface area (Å²) in [5.41, 5.74) is 1.86. The van der Waals surface area contributed by atoms with E-state index in [1.165, 1.54) is 0 Å². The van der Waals surface area contributed by atoms with Crippen LogP contribution in [0.1, 0.15) is 5.56 Å². The van der Waals surface area contributed by atoms with E-state index >= 15 is 0 Å². The van der Waals surface area contributed by atoms with E-state index in [0.717, 1.165) is 5.56 Å². The lowest BCUT2D eigenvalue weighted by molar-refractivity contribution is 0.920. The number of aryl methyl sites for hydroxylation is 1. The van der Waals surface area contributed by atoms with E-state index in [4.69, 9.17) is 13.1 Å². The van der Waals surface area contributed by atoms with Gasteiger partial charge in [-0.05, 0) is 6.07 Å². The molecule has 0 N–H and O–H groups in total. The molecule has 1 aromatic carbocycles. The molecule has 2 aromatic rings. The van der Waals surface area contributed by atoms with Gasteiger partial charge in [0.1, 0.15) is 14.2 Å². The first-order chi connectivity index (χ1) is 7.22. The molecular weight excluding hydrogens is 187 g/mol. The van der Waals surface area contributed by atoms with Crippen LogP contribution in [-0.2, 0) is 7.05 Å². The van der Waals surface area contributed by atoms with Gasteiger partial charge >= 0.3 is 0 Å². The summed E-state index contributed by atoms with van der Waals surface area (Å²) in [4.78, 5) is 0. The number of hydrogen-bond acceptors (Lipinski definition) is 3. The number of hydrogen-bond donors (Lipinski definition) is 0. The Labute approximate surface area is 88.6 Å². The highest BCUT2D eigenvalue weighted by Crippen LogP contribution is 2.13. The number of nitrogens with zero attached hydrogens (tertiary/aromatic N) is 4. The number of nitriles is 1. The van der Waals surface area contributed by atoms with Crippen molar-refractivity contribution in [1.82, 2.24) is 14.8 Å². The molecule has 4 nitrogen and oxygen atoms in total. The number of rotatable bonds is 1. The Balaban J connectivity index is 2.56. The van der Waals surface area contributed by atoms with Gasteiger partial charge in [0.15, 0.2) is 5.82 Å². The Morgan fingerprint density at radius 2 is 2.27 bits per heavy atom. The summed E-state index contributed by atoms with van der Waals surface area (Å²) < 4.78 is 1.78. The summed E-state index contributed by atoms with van der Waals surface area (Å²) in [6.07, 6.45) is 1.60. The van der Waals surface area contributed by atoms with Crippen LogP contribution in [0.4, 0.5) is 0 Å². The number of benzene rings is 1. The highest BCUT2D eigenvalue weighted by molar-refractivity contribution is 6.35. The molecule has 1 heterocycles. The molecule has 0 aliphatic rings. The summed E-state index contributed by atoms with van der Waals surface area (Å²) in [6.45, 7) is 0. The first-order valence-corrected chi connectivity index (χ1v) is 4.36. The Bertz CT molecular complexity index is 539. The molecule has 2 radical (unpaired) electrons.